The number of ether oxygens (including phenoxy) is 1. The SMILES string of the molecule is CC(C)(C)CCN1CCCC1.CC(C)(C)c1ccccc1Oc1ncccc1Nc1ncc(-c2ccccc2)s1. The zero-order valence-corrected chi connectivity index (χ0v) is 25.7. The van der Waals surface area contributed by atoms with E-state index < -0.39 is 0 Å². The summed E-state index contributed by atoms with van der Waals surface area (Å²) < 4.78 is 6.23. The van der Waals surface area contributed by atoms with Gasteiger partial charge in [0, 0.05) is 18.0 Å². The average Bonchev–Trinajstić information content (AvgIpc) is 3.62. The van der Waals surface area contributed by atoms with Gasteiger partial charge in [0.25, 0.3) is 0 Å². The van der Waals surface area contributed by atoms with Crippen molar-refractivity contribution in [2.45, 2.75) is 66.2 Å². The largest absolute Gasteiger partial charge is 0.437 e. The number of benzene rings is 2. The minimum Gasteiger partial charge on any atom is -0.437 e. The first-order valence-electron chi connectivity index (χ1n) is 14.3. The first kappa shape index (κ1) is 29.8. The third-order valence-corrected chi connectivity index (χ3v) is 7.82. The van der Waals surface area contributed by atoms with Gasteiger partial charge in [0.1, 0.15) is 11.4 Å². The molecule has 0 saturated carbocycles. The third kappa shape index (κ3) is 8.90. The first-order chi connectivity index (χ1) is 19.1. The Bertz CT molecular complexity index is 1330. The van der Waals surface area contributed by atoms with Crippen LogP contribution in [-0.2, 0) is 5.41 Å². The highest BCUT2D eigenvalue weighted by Gasteiger charge is 2.20. The lowest BCUT2D eigenvalue weighted by Gasteiger charge is -2.22. The molecular weight excluding hydrogens is 512 g/mol. The lowest BCUT2D eigenvalue weighted by Crippen LogP contribution is -2.24. The smallest absolute Gasteiger partial charge is 0.243 e. The van der Waals surface area contributed by atoms with Gasteiger partial charge < -0.3 is 15.0 Å². The Balaban J connectivity index is 0.000000283. The number of para-hydroxylation sites is 1. The number of hydrogen-bond acceptors (Lipinski definition) is 6. The molecule has 1 fully saturated rings. The number of aromatic nitrogens is 2. The van der Waals surface area contributed by atoms with Gasteiger partial charge in [-0.2, -0.15) is 0 Å². The quantitative estimate of drug-likeness (QED) is 0.246. The molecule has 2 aromatic carbocycles. The number of pyridine rings is 1. The summed E-state index contributed by atoms with van der Waals surface area (Å²) in [5.74, 6) is 1.34. The maximum absolute atomic E-state index is 6.23. The zero-order chi connectivity index (χ0) is 28.6. The van der Waals surface area contributed by atoms with E-state index >= 15 is 0 Å². The molecular formula is C34H44N4OS. The Morgan fingerprint density at radius 2 is 1.55 bits per heavy atom. The normalized spacial score (nSPS) is 13.9. The number of likely N-dealkylation sites (tertiary alicyclic amines) is 1. The van der Waals surface area contributed by atoms with Crippen LogP contribution in [0.4, 0.5) is 10.8 Å². The summed E-state index contributed by atoms with van der Waals surface area (Å²) >= 11 is 1.60. The van der Waals surface area contributed by atoms with Crippen LogP contribution in [0.25, 0.3) is 10.4 Å². The predicted molar refractivity (Wildman–Crippen MR) is 170 cm³/mol. The topological polar surface area (TPSA) is 50.3 Å². The molecule has 1 aliphatic heterocycles. The van der Waals surface area contributed by atoms with E-state index in [-0.39, 0.29) is 5.41 Å². The van der Waals surface area contributed by atoms with Crippen LogP contribution in [0.15, 0.2) is 79.1 Å². The van der Waals surface area contributed by atoms with Crippen LogP contribution in [0, 0.1) is 5.41 Å². The van der Waals surface area contributed by atoms with Gasteiger partial charge >= 0.3 is 0 Å². The highest BCUT2D eigenvalue weighted by atomic mass is 32.1. The van der Waals surface area contributed by atoms with Gasteiger partial charge in [0.05, 0.1) is 4.88 Å². The molecule has 0 amide bonds. The molecule has 0 atom stereocenters. The van der Waals surface area contributed by atoms with E-state index in [0.29, 0.717) is 11.3 Å². The predicted octanol–water partition coefficient (Wildman–Crippen LogP) is 9.56. The molecule has 0 unspecified atom stereocenters. The van der Waals surface area contributed by atoms with E-state index in [9.17, 15) is 0 Å². The molecule has 0 radical (unpaired) electrons. The molecule has 2 aromatic heterocycles. The summed E-state index contributed by atoms with van der Waals surface area (Å²) in [5.41, 5.74) is 3.56. The Kier molecular flexibility index (Phi) is 9.99. The van der Waals surface area contributed by atoms with Crippen LogP contribution >= 0.6 is 11.3 Å². The summed E-state index contributed by atoms with van der Waals surface area (Å²) in [6, 6.07) is 22.2. The van der Waals surface area contributed by atoms with Crippen molar-refractivity contribution in [3.63, 3.8) is 0 Å². The van der Waals surface area contributed by atoms with Gasteiger partial charge in [-0.1, -0.05) is 101 Å². The second kappa shape index (κ2) is 13.4. The lowest BCUT2D eigenvalue weighted by atomic mass is 9.86. The molecule has 0 spiro atoms. The average molecular weight is 557 g/mol. The fourth-order valence-electron chi connectivity index (χ4n) is 4.53. The molecule has 0 bridgehead atoms. The number of hydrogen-bond donors (Lipinski definition) is 1. The molecule has 5 nitrogen and oxygen atoms in total. The van der Waals surface area contributed by atoms with Crippen LogP contribution in [0.2, 0.25) is 0 Å². The van der Waals surface area contributed by atoms with Crippen molar-refractivity contribution >= 4 is 22.2 Å². The molecule has 1 saturated heterocycles. The summed E-state index contributed by atoms with van der Waals surface area (Å²) in [7, 11) is 0. The van der Waals surface area contributed by atoms with Gasteiger partial charge in [-0.25, -0.2) is 9.97 Å². The molecule has 5 rings (SSSR count). The lowest BCUT2D eigenvalue weighted by molar-refractivity contribution is 0.265. The van der Waals surface area contributed by atoms with Gasteiger partial charge in [-0.3, -0.25) is 0 Å². The molecule has 40 heavy (non-hydrogen) atoms. The minimum absolute atomic E-state index is 0.0289. The van der Waals surface area contributed by atoms with E-state index in [0.717, 1.165) is 32.6 Å². The number of nitrogens with zero attached hydrogens (tertiary/aromatic N) is 3. The minimum atomic E-state index is -0.0289. The van der Waals surface area contributed by atoms with Gasteiger partial charge in [0.2, 0.25) is 5.88 Å². The van der Waals surface area contributed by atoms with Gasteiger partial charge in [-0.05, 0) is 73.5 Å². The third-order valence-electron chi connectivity index (χ3n) is 6.86. The summed E-state index contributed by atoms with van der Waals surface area (Å²) in [5, 5.41) is 4.16. The highest BCUT2D eigenvalue weighted by Crippen LogP contribution is 2.37. The van der Waals surface area contributed by atoms with E-state index in [1.54, 1.807) is 17.5 Å². The van der Waals surface area contributed by atoms with Crippen LogP contribution in [-0.4, -0.2) is 34.5 Å². The van der Waals surface area contributed by atoms with Crippen LogP contribution in [0.5, 0.6) is 11.6 Å². The Morgan fingerprint density at radius 1 is 0.850 bits per heavy atom. The van der Waals surface area contributed by atoms with Crippen molar-refractivity contribution < 1.29 is 4.74 Å². The van der Waals surface area contributed by atoms with Crippen molar-refractivity contribution in [3.8, 4) is 22.1 Å². The molecule has 6 heteroatoms. The van der Waals surface area contributed by atoms with Crippen LogP contribution < -0.4 is 10.1 Å². The number of thiazole rings is 1. The van der Waals surface area contributed by atoms with E-state index in [4.69, 9.17) is 4.74 Å². The van der Waals surface area contributed by atoms with Crippen molar-refractivity contribution in [1.29, 1.82) is 0 Å². The second-order valence-corrected chi connectivity index (χ2v) is 13.6. The standard InChI is InChI=1S/C24H23N3OS.C10H21N/c1-24(2,3)18-12-7-8-14-20(18)28-22-19(13-9-15-25-22)27-23-26-16-21(29-23)17-10-5-4-6-11-17;1-10(2,3)6-9-11-7-4-5-8-11/h4-16H,1-3H3,(H,26,27);4-9H2,1-3H3. The molecule has 1 N–H and O–H groups in total. The second-order valence-electron chi connectivity index (χ2n) is 12.6. The maximum Gasteiger partial charge on any atom is 0.243 e. The fraction of sp³-hybridized carbons (Fsp3) is 0.412. The molecule has 0 aliphatic carbocycles. The number of nitrogens with one attached hydrogen (secondary N) is 1. The first-order valence-corrected chi connectivity index (χ1v) is 15.1. The van der Waals surface area contributed by atoms with Gasteiger partial charge in [-0.15, -0.1) is 0 Å². The zero-order valence-electron chi connectivity index (χ0n) is 24.9. The van der Waals surface area contributed by atoms with Crippen LogP contribution in [0.1, 0.15) is 66.4 Å². The van der Waals surface area contributed by atoms with Gasteiger partial charge in [0.15, 0.2) is 5.13 Å². The van der Waals surface area contributed by atoms with E-state index in [2.05, 4.69) is 79.9 Å². The van der Waals surface area contributed by atoms with Crippen LogP contribution in [0.3, 0.4) is 0 Å². The van der Waals surface area contributed by atoms with Crippen molar-refractivity contribution in [1.82, 2.24) is 14.9 Å². The van der Waals surface area contributed by atoms with Crippen molar-refractivity contribution in [3.05, 3.63) is 84.7 Å². The summed E-state index contributed by atoms with van der Waals surface area (Å²) in [4.78, 5) is 12.7. The Morgan fingerprint density at radius 3 is 2.25 bits per heavy atom. The highest BCUT2D eigenvalue weighted by molar-refractivity contribution is 7.18. The van der Waals surface area contributed by atoms with E-state index in [1.807, 2.05) is 54.7 Å². The number of rotatable bonds is 7. The summed E-state index contributed by atoms with van der Waals surface area (Å²) in [6.45, 7) is 17.5. The molecule has 1 aliphatic rings. The van der Waals surface area contributed by atoms with E-state index in [1.165, 1.54) is 38.9 Å². The molecule has 4 aromatic rings. The van der Waals surface area contributed by atoms with Crippen molar-refractivity contribution in [2.75, 3.05) is 25.0 Å². The van der Waals surface area contributed by atoms with Crippen molar-refractivity contribution in [2.24, 2.45) is 5.41 Å². The monoisotopic (exact) mass is 556 g/mol. The summed E-state index contributed by atoms with van der Waals surface area (Å²) in [6.07, 6.45) is 7.80. The molecule has 212 valence electrons. The number of anilines is 2. The Labute approximate surface area is 244 Å². The fourth-order valence-corrected chi connectivity index (χ4v) is 5.36. The Hall–Kier alpha value is -3.22. The maximum atomic E-state index is 6.23. The molecule has 3 heterocycles.